The van der Waals surface area contributed by atoms with Gasteiger partial charge in [-0.3, -0.25) is 4.79 Å². The highest BCUT2D eigenvalue weighted by molar-refractivity contribution is 7.98. The summed E-state index contributed by atoms with van der Waals surface area (Å²) in [5, 5.41) is 8.85. The highest BCUT2D eigenvalue weighted by Gasteiger charge is 2.30. The number of nitrogens with zero attached hydrogens (tertiary/aromatic N) is 2. The van der Waals surface area contributed by atoms with Gasteiger partial charge in [0.05, 0.1) is 0 Å². The number of thioether (sulfide) groups is 1. The molecule has 0 spiro atoms. The van der Waals surface area contributed by atoms with Crippen LogP contribution in [0.5, 0.6) is 0 Å². The van der Waals surface area contributed by atoms with Crippen molar-refractivity contribution in [3.8, 4) is 0 Å². The first-order chi connectivity index (χ1) is 9.97. The summed E-state index contributed by atoms with van der Waals surface area (Å²) in [6.07, 6.45) is 6.78. The molecule has 0 aromatic heterocycles. The van der Waals surface area contributed by atoms with Gasteiger partial charge in [0.1, 0.15) is 0 Å². The van der Waals surface area contributed by atoms with E-state index < -0.39 is 5.97 Å². The first-order valence-corrected chi connectivity index (χ1v) is 9.11. The number of carboxylic acids is 1. The van der Waals surface area contributed by atoms with Gasteiger partial charge in [-0.1, -0.05) is 0 Å². The number of rotatable bonds is 7. The van der Waals surface area contributed by atoms with Gasteiger partial charge in [0, 0.05) is 32.1 Å². The first-order valence-electron chi connectivity index (χ1n) is 7.71. The van der Waals surface area contributed by atoms with Crippen molar-refractivity contribution in [1.29, 1.82) is 0 Å². The molecule has 0 aliphatic carbocycles. The summed E-state index contributed by atoms with van der Waals surface area (Å²) in [7, 11) is 1.86. The summed E-state index contributed by atoms with van der Waals surface area (Å²) in [4.78, 5) is 27.1. The van der Waals surface area contributed by atoms with Crippen LogP contribution >= 0.6 is 11.8 Å². The maximum atomic E-state index is 12.7. The topological polar surface area (TPSA) is 60.9 Å². The SMILES string of the molecule is CSCCC(C)N(C)C(=O)N1CCCCC1CCC(=O)O. The third kappa shape index (κ3) is 5.77. The standard InChI is InChI=1S/C15H28N2O3S/c1-12(9-11-21-3)16(2)15(20)17-10-5-4-6-13(17)7-8-14(18)19/h12-13H,4-11H2,1-3H3,(H,18,19). The highest BCUT2D eigenvalue weighted by Crippen LogP contribution is 2.23. The second kappa shape index (κ2) is 9.18. The van der Waals surface area contributed by atoms with E-state index in [0.717, 1.165) is 38.0 Å². The van der Waals surface area contributed by atoms with Crippen molar-refractivity contribution in [2.24, 2.45) is 0 Å². The molecule has 122 valence electrons. The zero-order valence-corrected chi connectivity index (χ0v) is 14.2. The van der Waals surface area contributed by atoms with Gasteiger partial charge in [0.25, 0.3) is 0 Å². The Kier molecular flexibility index (Phi) is 7.93. The predicted molar refractivity (Wildman–Crippen MR) is 86.8 cm³/mol. The van der Waals surface area contributed by atoms with Crippen molar-refractivity contribution >= 4 is 23.8 Å². The van der Waals surface area contributed by atoms with E-state index in [2.05, 4.69) is 13.2 Å². The minimum absolute atomic E-state index is 0.0543. The lowest BCUT2D eigenvalue weighted by Crippen LogP contribution is -2.51. The first kappa shape index (κ1) is 18.1. The van der Waals surface area contributed by atoms with Crippen LogP contribution in [0.15, 0.2) is 0 Å². The van der Waals surface area contributed by atoms with E-state index in [-0.39, 0.29) is 24.5 Å². The Hall–Kier alpha value is -0.910. The van der Waals surface area contributed by atoms with E-state index in [0.29, 0.717) is 6.42 Å². The van der Waals surface area contributed by atoms with Crippen LogP contribution in [0.1, 0.15) is 45.4 Å². The molecule has 1 aliphatic rings. The molecule has 2 unspecified atom stereocenters. The van der Waals surface area contributed by atoms with Crippen LogP contribution < -0.4 is 0 Å². The van der Waals surface area contributed by atoms with Gasteiger partial charge < -0.3 is 14.9 Å². The Morgan fingerprint density at radius 1 is 1.43 bits per heavy atom. The molecule has 21 heavy (non-hydrogen) atoms. The van der Waals surface area contributed by atoms with Gasteiger partial charge >= 0.3 is 12.0 Å². The monoisotopic (exact) mass is 316 g/mol. The van der Waals surface area contributed by atoms with E-state index in [1.54, 1.807) is 11.8 Å². The Morgan fingerprint density at radius 3 is 2.76 bits per heavy atom. The lowest BCUT2D eigenvalue weighted by atomic mass is 9.98. The summed E-state index contributed by atoms with van der Waals surface area (Å²) in [6.45, 7) is 2.83. The highest BCUT2D eigenvalue weighted by atomic mass is 32.2. The lowest BCUT2D eigenvalue weighted by Gasteiger charge is -2.39. The fourth-order valence-electron chi connectivity index (χ4n) is 2.72. The van der Waals surface area contributed by atoms with Gasteiger partial charge in [-0.05, 0) is 51.0 Å². The van der Waals surface area contributed by atoms with Crippen molar-refractivity contribution in [2.75, 3.05) is 25.6 Å². The van der Waals surface area contributed by atoms with Crippen molar-refractivity contribution in [3.63, 3.8) is 0 Å². The number of hydrogen-bond donors (Lipinski definition) is 1. The molecule has 1 rings (SSSR count). The molecule has 0 aromatic carbocycles. The molecule has 1 heterocycles. The molecule has 0 radical (unpaired) electrons. The summed E-state index contributed by atoms with van der Waals surface area (Å²) < 4.78 is 0. The van der Waals surface area contributed by atoms with Crippen LogP contribution in [0.2, 0.25) is 0 Å². The molecule has 6 heteroatoms. The van der Waals surface area contributed by atoms with E-state index in [9.17, 15) is 9.59 Å². The number of amides is 2. The number of carbonyl (C=O) groups excluding carboxylic acids is 1. The number of aliphatic carboxylic acids is 1. The minimum Gasteiger partial charge on any atom is -0.481 e. The zero-order chi connectivity index (χ0) is 15.8. The van der Waals surface area contributed by atoms with Crippen molar-refractivity contribution < 1.29 is 14.7 Å². The molecule has 2 atom stereocenters. The van der Waals surface area contributed by atoms with Crippen LogP contribution in [0.3, 0.4) is 0 Å². The summed E-state index contributed by atoms with van der Waals surface area (Å²) in [5.74, 6) is 0.260. The van der Waals surface area contributed by atoms with Gasteiger partial charge in [0.15, 0.2) is 0 Å². The van der Waals surface area contributed by atoms with Crippen LogP contribution in [0.25, 0.3) is 0 Å². The van der Waals surface area contributed by atoms with Crippen molar-refractivity contribution in [1.82, 2.24) is 9.80 Å². The van der Waals surface area contributed by atoms with Gasteiger partial charge in [-0.25, -0.2) is 4.79 Å². The molecule has 1 aliphatic heterocycles. The molecular formula is C15H28N2O3S. The molecule has 1 saturated heterocycles. The Morgan fingerprint density at radius 2 is 2.14 bits per heavy atom. The molecule has 0 bridgehead atoms. The van der Waals surface area contributed by atoms with E-state index >= 15 is 0 Å². The van der Waals surface area contributed by atoms with Crippen LogP contribution in [0.4, 0.5) is 4.79 Å². The van der Waals surface area contributed by atoms with Gasteiger partial charge in [-0.2, -0.15) is 11.8 Å². The fourth-order valence-corrected chi connectivity index (χ4v) is 3.29. The van der Waals surface area contributed by atoms with Crippen LogP contribution in [0, 0.1) is 0 Å². The quantitative estimate of drug-likeness (QED) is 0.784. The smallest absolute Gasteiger partial charge is 0.320 e. The zero-order valence-electron chi connectivity index (χ0n) is 13.4. The Labute approximate surface area is 132 Å². The van der Waals surface area contributed by atoms with E-state index in [1.807, 2.05) is 16.8 Å². The van der Waals surface area contributed by atoms with Gasteiger partial charge in [-0.15, -0.1) is 0 Å². The molecule has 0 saturated carbocycles. The Bertz CT molecular complexity index is 352. The summed E-state index contributed by atoms with van der Waals surface area (Å²) >= 11 is 1.79. The molecule has 0 aromatic rings. The molecule has 5 nitrogen and oxygen atoms in total. The largest absolute Gasteiger partial charge is 0.481 e. The van der Waals surface area contributed by atoms with Crippen LogP contribution in [-0.2, 0) is 4.79 Å². The number of likely N-dealkylation sites (tertiary alicyclic amines) is 1. The van der Waals surface area contributed by atoms with Crippen molar-refractivity contribution in [2.45, 2.75) is 57.5 Å². The number of carboxylic acid groups (broad SMARTS) is 1. The number of carbonyl (C=O) groups is 2. The normalized spacial score (nSPS) is 20.1. The number of piperidine rings is 1. The maximum Gasteiger partial charge on any atom is 0.320 e. The van der Waals surface area contributed by atoms with Crippen molar-refractivity contribution in [3.05, 3.63) is 0 Å². The third-order valence-electron chi connectivity index (χ3n) is 4.27. The average molecular weight is 316 g/mol. The molecule has 1 fully saturated rings. The lowest BCUT2D eigenvalue weighted by molar-refractivity contribution is -0.137. The Balaban J connectivity index is 2.60. The molecular weight excluding hydrogens is 288 g/mol. The van der Waals surface area contributed by atoms with Gasteiger partial charge in [0.2, 0.25) is 0 Å². The fraction of sp³-hybridized carbons (Fsp3) is 0.867. The second-order valence-electron chi connectivity index (χ2n) is 5.80. The van der Waals surface area contributed by atoms with Crippen LogP contribution in [-0.4, -0.2) is 64.6 Å². The summed E-state index contributed by atoms with van der Waals surface area (Å²) in [6, 6.07) is 0.350. The minimum atomic E-state index is -0.783. The van der Waals surface area contributed by atoms with E-state index in [4.69, 9.17) is 5.11 Å². The average Bonchev–Trinajstić information content (AvgIpc) is 2.49. The third-order valence-corrected chi connectivity index (χ3v) is 4.91. The van der Waals surface area contributed by atoms with E-state index in [1.165, 1.54) is 0 Å². The molecule has 1 N–H and O–H groups in total. The number of urea groups is 1. The summed E-state index contributed by atoms with van der Waals surface area (Å²) in [5.41, 5.74) is 0. The molecule has 2 amide bonds. The number of hydrogen-bond acceptors (Lipinski definition) is 3. The maximum absolute atomic E-state index is 12.7. The second-order valence-corrected chi connectivity index (χ2v) is 6.78. The predicted octanol–water partition coefficient (Wildman–Crippen LogP) is 2.90.